The Kier molecular flexibility index (Phi) is 3.20. The number of hydrogen-bond acceptors (Lipinski definition) is 2. The van der Waals surface area contributed by atoms with E-state index in [0.29, 0.717) is 12.8 Å². The predicted molar refractivity (Wildman–Crippen MR) is 68.9 cm³/mol. The number of nitrogens with zero attached hydrogens (tertiary/aromatic N) is 1. The third-order valence-corrected chi connectivity index (χ3v) is 2.64. The highest BCUT2D eigenvalue weighted by atomic mass is 16.1. The maximum Gasteiger partial charge on any atom is 0.164 e. The molecular formula is C15H13NO. The zero-order valence-electron chi connectivity index (χ0n) is 9.73. The highest BCUT2D eigenvalue weighted by molar-refractivity contribution is 6.07. The summed E-state index contributed by atoms with van der Waals surface area (Å²) in [5.74, 6) is 2.58. The van der Waals surface area contributed by atoms with Gasteiger partial charge >= 0.3 is 0 Å². The SMILES string of the molecule is C#CCCC(=O)c1cc(C)nc2ccccc12. The van der Waals surface area contributed by atoms with E-state index in [2.05, 4.69) is 10.9 Å². The Bertz CT molecular complexity index is 608. The van der Waals surface area contributed by atoms with Crippen LogP contribution in [0.25, 0.3) is 10.9 Å². The van der Waals surface area contributed by atoms with Crippen molar-refractivity contribution in [1.82, 2.24) is 4.98 Å². The van der Waals surface area contributed by atoms with E-state index in [1.165, 1.54) is 0 Å². The topological polar surface area (TPSA) is 30.0 Å². The number of Topliss-reactive ketones (excluding diaryl/α,β-unsaturated/α-hetero) is 1. The third kappa shape index (κ3) is 2.34. The summed E-state index contributed by atoms with van der Waals surface area (Å²) in [4.78, 5) is 16.5. The van der Waals surface area contributed by atoms with Gasteiger partial charge in [-0.2, -0.15) is 0 Å². The van der Waals surface area contributed by atoms with Crippen molar-refractivity contribution in [2.45, 2.75) is 19.8 Å². The van der Waals surface area contributed by atoms with E-state index in [1.807, 2.05) is 37.3 Å². The van der Waals surface area contributed by atoms with E-state index in [1.54, 1.807) is 0 Å². The van der Waals surface area contributed by atoms with Crippen molar-refractivity contribution in [3.05, 3.63) is 41.6 Å². The highest BCUT2D eigenvalue weighted by Crippen LogP contribution is 2.19. The van der Waals surface area contributed by atoms with Crippen LogP contribution in [0.5, 0.6) is 0 Å². The first kappa shape index (κ1) is 11.3. The van der Waals surface area contributed by atoms with Gasteiger partial charge in [-0.3, -0.25) is 9.78 Å². The van der Waals surface area contributed by atoms with Crippen molar-refractivity contribution >= 4 is 16.7 Å². The first-order valence-electron chi connectivity index (χ1n) is 5.55. The largest absolute Gasteiger partial charge is 0.294 e. The van der Waals surface area contributed by atoms with Crippen molar-refractivity contribution in [3.8, 4) is 12.3 Å². The summed E-state index contributed by atoms with van der Waals surface area (Å²) >= 11 is 0. The van der Waals surface area contributed by atoms with Gasteiger partial charge in [0.05, 0.1) is 5.52 Å². The van der Waals surface area contributed by atoms with Crippen LogP contribution in [0.2, 0.25) is 0 Å². The molecule has 0 atom stereocenters. The van der Waals surface area contributed by atoms with Gasteiger partial charge in [0, 0.05) is 29.5 Å². The molecule has 0 spiro atoms. The van der Waals surface area contributed by atoms with E-state index in [9.17, 15) is 4.79 Å². The van der Waals surface area contributed by atoms with Gasteiger partial charge < -0.3 is 0 Å². The Labute approximate surface area is 101 Å². The van der Waals surface area contributed by atoms with Gasteiger partial charge in [-0.05, 0) is 19.1 Å². The van der Waals surface area contributed by atoms with Gasteiger partial charge in [-0.15, -0.1) is 12.3 Å². The summed E-state index contributed by atoms with van der Waals surface area (Å²) in [6.07, 6.45) is 6.06. The van der Waals surface area contributed by atoms with Gasteiger partial charge in [0.15, 0.2) is 5.78 Å². The Morgan fingerprint density at radius 3 is 2.94 bits per heavy atom. The molecule has 2 nitrogen and oxygen atoms in total. The number of pyridine rings is 1. The molecule has 17 heavy (non-hydrogen) atoms. The lowest BCUT2D eigenvalue weighted by atomic mass is 10.0. The molecule has 0 N–H and O–H groups in total. The Morgan fingerprint density at radius 1 is 1.41 bits per heavy atom. The molecule has 0 aliphatic rings. The molecule has 0 unspecified atom stereocenters. The minimum absolute atomic E-state index is 0.0876. The van der Waals surface area contributed by atoms with Gasteiger partial charge in [-0.25, -0.2) is 0 Å². The average Bonchev–Trinajstić information content (AvgIpc) is 2.34. The molecule has 2 heteroatoms. The summed E-state index contributed by atoms with van der Waals surface area (Å²) < 4.78 is 0. The third-order valence-electron chi connectivity index (χ3n) is 2.64. The Hall–Kier alpha value is -2.14. The second-order valence-corrected chi connectivity index (χ2v) is 3.96. The molecular weight excluding hydrogens is 210 g/mol. The molecule has 0 bridgehead atoms. The minimum Gasteiger partial charge on any atom is -0.294 e. The summed E-state index contributed by atoms with van der Waals surface area (Å²) in [5, 5.41) is 0.903. The normalized spacial score (nSPS) is 10.1. The lowest BCUT2D eigenvalue weighted by molar-refractivity contribution is 0.0986. The Morgan fingerprint density at radius 2 is 2.18 bits per heavy atom. The zero-order valence-corrected chi connectivity index (χ0v) is 9.73. The fraction of sp³-hybridized carbons (Fsp3) is 0.200. The van der Waals surface area contributed by atoms with Crippen molar-refractivity contribution < 1.29 is 4.79 Å². The van der Waals surface area contributed by atoms with Crippen molar-refractivity contribution in [2.24, 2.45) is 0 Å². The number of carbonyl (C=O) groups is 1. The van der Waals surface area contributed by atoms with Crippen molar-refractivity contribution in [1.29, 1.82) is 0 Å². The fourth-order valence-corrected chi connectivity index (χ4v) is 1.86. The molecule has 2 aromatic rings. The molecule has 0 amide bonds. The number of hydrogen-bond donors (Lipinski definition) is 0. The van der Waals surface area contributed by atoms with Crippen molar-refractivity contribution in [2.75, 3.05) is 0 Å². The van der Waals surface area contributed by atoms with Crippen LogP contribution in [-0.2, 0) is 0 Å². The number of benzene rings is 1. The minimum atomic E-state index is 0.0876. The second-order valence-electron chi connectivity index (χ2n) is 3.96. The maximum absolute atomic E-state index is 12.0. The number of rotatable bonds is 3. The van der Waals surface area contributed by atoms with Crippen LogP contribution in [0, 0.1) is 19.3 Å². The number of fused-ring (bicyclic) bond motifs is 1. The molecule has 0 fully saturated rings. The fourth-order valence-electron chi connectivity index (χ4n) is 1.86. The summed E-state index contributed by atoms with van der Waals surface area (Å²) in [6, 6.07) is 9.51. The van der Waals surface area contributed by atoms with Crippen LogP contribution < -0.4 is 0 Å². The lowest BCUT2D eigenvalue weighted by Gasteiger charge is -2.06. The van der Waals surface area contributed by atoms with Gasteiger partial charge in [0.25, 0.3) is 0 Å². The quantitative estimate of drug-likeness (QED) is 0.591. The second kappa shape index (κ2) is 4.80. The van der Waals surface area contributed by atoms with Crippen LogP contribution in [0.4, 0.5) is 0 Å². The first-order chi connectivity index (χ1) is 8.22. The monoisotopic (exact) mass is 223 g/mol. The number of carbonyl (C=O) groups excluding carboxylic acids is 1. The number of aromatic nitrogens is 1. The zero-order chi connectivity index (χ0) is 12.3. The average molecular weight is 223 g/mol. The smallest absolute Gasteiger partial charge is 0.164 e. The highest BCUT2D eigenvalue weighted by Gasteiger charge is 2.10. The molecule has 84 valence electrons. The van der Waals surface area contributed by atoms with Crippen LogP contribution >= 0.6 is 0 Å². The van der Waals surface area contributed by atoms with E-state index in [-0.39, 0.29) is 5.78 Å². The van der Waals surface area contributed by atoms with Crippen molar-refractivity contribution in [3.63, 3.8) is 0 Å². The number of para-hydroxylation sites is 1. The van der Waals surface area contributed by atoms with E-state index < -0.39 is 0 Å². The van der Waals surface area contributed by atoms with E-state index >= 15 is 0 Å². The van der Waals surface area contributed by atoms with Crippen LogP contribution in [0.1, 0.15) is 28.9 Å². The molecule has 1 aromatic carbocycles. The number of ketones is 1. The maximum atomic E-state index is 12.0. The molecule has 1 aromatic heterocycles. The Balaban J connectivity index is 2.53. The predicted octanol–water partition coefficient (Wildman–Crippen LogP) is 3.14. The van der Waals surface area contributed by atoms with Gasteiger partial charge in [0.1, 0.15) is 0 Å². The molecule has 0 aliphatic heterocycles. The van der Waals surface area contributed by atoms with Crippen LogP contribution in [-0.4, -0.2) is 10.8 Å². The van der Waals surface area contributed by atoms with E-state index in [4.69, 9.17) is 6.42 Å². The molecule has 0 aliphatic carbocycles. The molecule has 2 rings (SSSR count). The number of aryl methyl sites for hydroxylation is 1. The lowest BCUT2D eigenvalue weighted by Crippen LogP contribution is -2.01. The van der Waals surface area contributed by atoms with E-state index in [0.717, 1.165) is 22.2 Å². The summed E-state index contributed by atoms with van der Waals surface area (Å²) in [5.41, 5.74) is 2.44. The van der Waals surface area contributed by atoms with Gasteiger partial charge in [0.2, 0.25) is 0 Å². The first-order valence-corrected chi connectivity index (χ1v) is 5.55. The summed E-state index contributed by atoms with van der Waals surface area (Å²) in [7, 11) is 0. The summed E-state index contributed by atoms with van der Waals surface area (Å²) in [6.45, 7) is 1.89. The van der Waals surface area contributed by atoms with Crippen LogP contribution in [0.15, 0.2) is 30.3 Å². The molecule has 1 heterocycles. The molecule has 0 saturated carbocycles. The number of terminal acetylenes is 1. The molecule has 0 saturated heterocycles. The molecule has 0 radical (unpaired) electrons. The van der Waals surface area contributed by atoms with Crippen LogP contribution in [0.3, 0.4) is 0 Å². The van der Waals surface area contributed by atoms with Gasteiger partial charge in [-0.1, -0.05) is 18.2 Å². The standard InChI is InChI=1S/C15H13NO/c1-3-4-9-15(17)13-10-11(2)16-14-8-6-5-7-12(13)14/h1,5-8,10H,4,9H2,2H3.